The molecule has 0 spiro atoms. The summed E-state index contributed by atoms with van der Waals surface area (Å²) in [7, 11) is 0. The molecule has 28 heavy (non-hydrogen) atoms. The highest BCUT2D eigenvalue weighted by atomic mass is 16.2. The zero-order valence-electron chi connectivity index (χ0n) is 16.3. The normalized spacial score (nSPS) is 20.8. The highest BCUT2D eigenvalue weighted by Crippen LogP contribution is 2.44. The second kappa shape index (κ2) is 6.48. The second-order valence-electron chi connectivity index (χ2n) is 7.44. The summed E-state index contributed by atoms with van der Waals surface area (Å²) < 4.78 is 0. The number of para-hydroxylation sites is 1. The van der Waals surface area contributed by atoms with Gasteiger partial charge in [-0.3, -0.25) is 19.3 Å². The molecule has 0 aromatic heterocycles. The molecule has 0 radical (unpaired) electrons. The second-order valence-corrected chi connectivity index (χ2v) is 7.44. The molecule has 0 aliphatic carbocycles. The Balaban J connectivity index is 1.83. The van der Waals surface area contributed by atoms with Crippen LogP contribution in [0, 0.1) is 13.8 Å². The van der Waals surface area contributed by atoms with Crippen molar-refractivity contribution in [2.75, 3.05) is 16.8 Å². The Kier molecular flexibility index (Phi) is 4.22. The van der Waals surface area contributed by atoms with Gasteiger partial charge in [0, 0.05) is 25.1 Å². The standard InChI is InChI=1S/C22H23N3O3/c1-4-24-20(27)17-7-5-6-8-18(17)25-19(26)9-10-22(24,25)21(28)23-16-12-14(2)11-15(3)13-16/h5-8,11-13H,4,9-10H2,1-3H3,(H,23,28)/t22-/m0/s1. The van der Waals surface area contributed by atoms with Gasteiger partial charge in [0.05, 0.1) is 11.3 Å². The molecule has 1 fully saturated rings. The summed E-state index contributed by atoms with van der Waals surface area (Å²) in [4.78, 5) is 42.6. The van der Waals surface area contributed by atoms with Gasteiger partial charge in [-0.25, -0.2) is 0 Å². The molecule has 2 aromatic carbocycles. The van der Waals surface area contributed by atoms with Crippen LogP contribution in [0.15, 0.2) is 42.5 Å². The number of likely N-dealkylation sites (N-methyl/N-ethyl adjacent to an activating group) is 1. The van der Waals surface area contributed by atoms with Crippen LogP contribution in [0.25, 0.3) is 0 Å². The molecule has 6 heteroatoms. The van der Waals surface area contributed by atoms with E-state index in [9.17, 15) is 14.4 Å². The number of amides is 3. The van der Waals surface area contributed by atoms with Crippen LogP contribution in [-0.2, 0) is 9.59 Å². The van der Waals surface area contributed by atoms with Crippen molar-refractivity contribution in [1.29, 1.82) is 0 Å². The summed E-state index contributed by atoms with van der Waals surface area (Å²) in [5.74, 6) is -0.721. The molecule has 1 N–H and O–H groups in total. The molecule has 1 atom stereocenters. The molecule has 2 aromatic rings. The van der Waals surface area contributed by atoms with Gasteiger partial charge < -0.3 is 10.2 Å². The van der Waals surface area contributed by atoms with Crippen LogP contribution in [0.2, 0.25) is 0 Å². The molecule has 2 aliphatic heterocycles. The van der Waals surface area contributed by atoms with Crippen molar-refractivity contribution >= 4 is 29.1 Å². The average Bonchev–Trinajstić information content (AvgIpc) is 3.00. The molecule has 0 unspecified atom stereocenters. The minimum atomic E-state index is -1.34. The van der Waals surface area contributed by atoms with Crippen LogP contribution >= 0.6 is 0 Å². The van der Waals surface area contributed by atoms with Gasteiger partial charge in [-0.1, -0.05) is 18.2 Å². The van der Waals surface area contributed by atoms with Crippen LogP contribution in [0.1, 0.15) is 41.3 Å². The van der Waals surface area contributed by atoms with E-state index in [1.807, 2.05) is 39.0 Å². The number of carbonyl (C=O) groups is 3. The number of rotatable bonds is 3. The van der Waals surface area contributed by atoms with E-state index in [4.69, 9.17) is 0 Å². The van der Waals surface area contributed by atoms with E-state index >= 15 is 0 Å². The molecule has 2 heterocycles. The van der Waals surface area contributed by atoms with Crippen molar-refractivity contribution in [3.63, 3.8) is 0 Å². The van der Waals surface area contributed by atoms with Crippen molar-refractivity contribution in [2.45, 2.75) is 39.3 Å². The zero-order valence-corrected chi connectivity index (χ0v) is 16.3. The Hall–Kier alpha value is -3.15. The molecular formula is C22H23N3O3. The summed E-state index contributed by atoms with van der Waals surface area (Å²) >= 11 is 0. The number of aryl methyl sites for hydroxylation is 2. The van der Waals surface area contributed by atoms with Crippen molar-refractivity contribution in [1.82, 2.24) is 4.90 Å². The predicted molar refractivity (Wildman–Crippen MR) is 107 cm³/mol. The Morgan fingerprint density at radius 1 is 1.11 bits per heavy atom. The van der Waals surface area contributed by atoms with Crippen molar-refractivity contribution < 1.29 is 14.4 Å². The number of nitrogens with zero attached hydrogens (tertiary/aromatic N) is 2. The van der Waals surface area contributed by atoms with Crippen LogP contribution in [0.3, 0.4) is 0 Å². The van der Waals surface area contributed by atoms with Crippen LogP contribution in [0.5, 0.6) is 0 Å². The van der Waals surface area contributed by atoms with Gasteiger partial charge in [-0.2, -0.15) is 0 Å². The number of hydrogen-bond acceptors (Lipinski definition) is 3. The lowest BCUT2D eigenvalue weighted by Crippen LogP contribution is -2.69. The minimum Gasteiger partial charge on any atom is -0.322 e. The molecule has 1 saturated heterocycles. The Bertz CT molecular complexity index is 980. The third-order valence-corrected chi connectivity index (χ3v) is 5.53. The lowest BCUT2D eigenvalue weighted by Gasteiger charge is -2.48. The summed E-state index contributed by atoms with van der Waals surface area (Å²) in [6.45, 7) is 6.09. The quantitative estimate of drug-likeness (QED) is 0.893. The van der Waals surface area contributed by atoms with Crippen molar-refractivity contribution in [3.05, 3.63) is 59.2 Å². The Morgan fingerprint density at radius 2 is 1.79 bits per heavy atom. The number of benzene rings is 2. The monoisotopic (exact) mass is 377 g/mol. The first-order valence-electron chi connectivity index (χ1n) is 9.52. The summed E-state index contributed by atoms with van der Waals surface area (Å²) in [6, 6.07) is 12.8. The van der Waals surface area contributed by atoms with Gasteiger partial charge in [-0.15, -0.1) is 0 Å². The fourth-order valence-electron chi connectivity index (χ4n) is 4.48. The fourth-order valence-corrected chi connectivity index (χ4v) is 4.48. The third kappa shape index (κ3) is 2.52. The van der Waals surface area contributed by atoms with E-state index in [0.717, 1.165) is 11.1 Å². The van der Waals surface area contributed by atoms with Crippen LogP contribution in [0.4, 0.5) is 11.4 Å². The van der Waals surface area contributed by atoms with E-state index in [2.05, 4.69) is 5.32 Å². The molecule has 0 bridgehead atoms. The van der Waals surface area contributed by atoms with E-state index in [0.29, 0.717) is 23.5 Å². The maximum Gasteiger partial charge on any atom is 0.271 e. The van der Waals surface area contributed by atoms with Crippen LogP contribution in [-0.4, -0.2) is 34.8 Å². The fraction of sp³-hybridized carbons (Fsp3) is 0.318. The van der Waals surface area contributed by atoms with Crippen molar-refractivity contribution in [3.8, 4) is 0 Å². The number of anilines is 2. The molecule has 2 aliphatic rings. The lowest BCUT2D eigenvalue weighted by molar-refractivity contribution is -0.128. The summed E-state index contributed by atoms with van der Waals surface area (Å²) in [5.41, 5.74) is 2.35. The van der Waals surface area contributed by atoms with Gasteiger partial charge >= 0.3 is 0 Å². The topological polar surface area (TPSA) is 69.7 Å². The molecule has 144 valence electrons. The molecule has 0 saturated carbocycles. The highest BCUT2D eigenvalue weighted by Gasteiger charge is 2.60. The Morgan fingerprint density at radius 3 is 2.46 bits per heavy atom. The lowest BCUT2D eigenvalue weighted by atomic mass is 9.95. The molecule has 3 amide bonds. The zero-order chi connectivity index (χ0) is 20.1. The average molecular weight is 377 g/mol. The highest BCUT2D eigenvalue weighted by molar-refractivity contribution is 6.18. The summed E-state index contributed by atoms with van der Waals surface area (Å²) in [5, 5.41) is 2.96. The number of carbonyl (C=O) groups excluding carboxylic acids is 3. The Labute approximate surface area is 164 Å². The van der Waals surface area contributed by atoms with Gasteiger partial charge in [-0.05, 0) is 56.2 Å². The van der Waals surface area contributed by atoms with E-state index < -0.39 is 5.66 Å². The van der Waals surface area contributed by atoms with E-state index in [1.165, 1.54) is 9.80 Å². The molecular weight excluding hydrogens is 354 g/mol. The summed E-state index contributed by atoms with van der Waals surface area (Å²) in [6.07, 6.45) is 0.495. The molecule has 6 nitrogen and oxygen atoms in total. The van der Waals surface area contributed by atoms with E-state index in [1.54, 1.807) is 24.3 Å². The van der Waals surface area contributed by atoms with Gasteiger partial charge in [0.2, 0.25) is 11.6 Å². The van der Waals surface area contributed by atoms with Crippen molar-refractivity contribution in [2.24, 2.45) is 0 Å². The smallest absolute Gasteiger partial charge is 0.271 e. The maximum absolute atomic E-state index is 13.6. The number of hydrogen-bond donors (Lipinski definition) is 1. The maximum atomic E-state index is 13.6. The first-order valence-corrected chi connectivity index (χ1v) is 9.52. The molecule has 4 rings (SSSR count). The van der Waals surface area contributed by atoms with Gasteiger partial charge in [0.25, 0.3) is 11.8 Å². The van der Waals surface area contributed by atoms with Crippen LogP contribution < -0.4 is 10.2 Å². The first kappa shape index (κ1) is 18.2. The number of nitrogens with one attached hydrogen (secondary N) is 1. The van der Waals surface area contributed by atoms with E-state index in [-0.39, 0.29) is 30.6 Å². The predicted octanol–water partition coefficient (Wildman–Crippen LogP) is 3.24. The first-order chi connectivity index (χ1) is 13.4. The number of fused-ring (bicyclic) bond motifs is 3. The van der Waals surface area contributed by atoms with Gasteiger partial charge in [0.1, 0.15) is 0 Å². The largest absolute Gasteiger partial charge is 0.322 e. The minimum absolute atomic E-state index is 0.144. The SMILES string of the molecule is CCN1C(=O)c2ccccc2N2C(=O)CC[C@]12C(=O)Nc1cc(C)cc(C)c1. The van der Waals surface area contributed by atoms with Gasteiger partial charge in [0.15, 0.2) is 0 Å². The third-order valence-electron chi connectivity index (χ3n) is 5.53.